The normalized spacial score (nSPS) is 11.0. The average molecular weight is 298 g/mol. The fraction of sp³-hybridized carbons (Fsp3) is 0.125. The topological polar surface area (TPSA) is 62.4 Å². The van der Waals surface area contributed by atoms with Crippen LogP contribution < -0.4 is 16.7 Å². The fourth-order valence-electron chi connectivity index (χ4n) is 1.89. The molecule has 0 radical (unpaired) electrons. The van der Waals surface area contributed by atoms with E-state index in [0.717, 1.165) is 11.3 Å². The summed E-state index contributed by atoms with van der Waals surface area (Å²) in [5.41, 5.74) is 9.46. The van der Waals surface area contributed by atoms with E-state index in [1.807, 2.05) is 18.2 Å². The zero-order valence-corrected chi connectivity index (χ0v) is 12.7. The summed E-state index contributed by atoms with van der Waals surface area (Å²) in [7, 11) is 0. The van der Waals surface area contributed by atoms with Crippen molar-refractivity contribution < 1.29 is 0 Å². The highest BCUT2D eigenvalue weighted by Gasteiger charge is 2.06. The summed E-state index contributed by atoms with van der Waals surface area (Å²) in [6.07, 6.45) is 0.712. The second-order valence-electron chi connectivity index (χ2n) is 4.67. The number of rotatable bonds is 4. The predicted molar refractivity (Wildman–Crippen MR) is 90.9 cm³/mol. The molecule has 2 aromatic rings. The summed E-state index contributed by atoms with van der Waals surface area (Å²) in [4.78, 5) is 0. The highest BCUT2D eigenvalue weighted by molar-refractivity contribution is 7.80. The van der Waals surface area contributed by atoms with Crippen LogP contribution in [-0.2, 0) is 6.42 Å². The molecule has 21 heavy (non-hydrogen) atoms. The van der Waals surface area contributed by atoms with Crippen molar-refractivity contribution in [2.45, 2.75) is 13.3 Å². The minimum atomic E-state index is 0.285. The molecule has 0 atom stereocenters. The molecule has 0 saturated carbocycles. The molecule has 2 aromatic carbocycles. The van der Waals surface area contributed by atoms with Crippen molar-refractivity contribution in [3.63, 3.8) is 0 Å². The van der Waals surface area contributed by atoms with Crippen LogP contribution in [0.1, 0.15) is 16.7 Å². The first-order valence-corrected chi connectivity index (χ1v) is 7.04. The van der Waals surface area contributed by atoms with E-state index in [1.165, 1.54) is 11.1 Å². The molecular formula is C16H18N4S. The Morgan fingerprint density at radius 3 is 2.38 bits per heavy atom. The number of hydrazone groups is 1. The minimum Gasteiger partial charge on any atom is -0.300 e. The van der Waals surface area contributed by atoms with E-state index < -0.39 is 0 Å². The van der Waals surface area contributed by atoms with Gasteiger partial charge in [-0.2, -0.15) is 5.10 Å². The molecule has 0 fully saturated rings. The monoisotopic (exact) mass is 298 g/mol. The van der Waals surface area contributed by atoms with Gasteiger partial charge in [0, 0.05) is 6.42 Å². The fourth-order valence-corrected chi connectivity index (χ4v) is 1.94. The van der Waals surface area contributed by atoms with Crippen molar-refractivity contribution in [1.82, 2.24) is 10.9 Å². The lowest BCUT2D eigenvalue weighted by Crippen LogP contribution is -2.37. The van der Waals surface area contributed by atoms with Gasteiger partial charge in [-0.05, 0) is 30.3 Å². The Labute approximate surface area is 130 Å². The Bertz CT molecular complexity index is 620. The molecule has 2 rings (SSSR count). The quantitative estimate of drug-likeness (QED) is 0.351. The third-order valence-electron chi connectivity index (χ3n) is 3.02. The van der Waals surface area contributed by atoms with E-state index in [1.54, 1.807) is 0 Å². The van der Waals surface area contributed by atoms with Gasteiger partial charge in [0.15, 0.2) is 0 Å². The standard InChI is InChI=1S/C16H18N4S/c1-12-7-9-14(10-8-12)15(19-20-16(21)18-17)11-13-5-3-2-4-6-13/h2-10H,11,17H2,1H3,(H2,18,20,21)/b19-15+. The van der Waals surface area contributed by atoms with Crippen LogP contribution in [-0.4, -0.2) is 10.8 Å². The average Bonchev–Trinajstić information content (AvgIpc) is 2.53. The molecule has 5 heteroatoms. The molecule has 108 valence electrons. The van der Waals surface area contributed by atoms with E-state index in [2.05, 4.69) is 59.3 Å². The van der Waals surface area contributed by atoms with Gasteiger partial charge in [0.05, 0.1) is 5.71 Å². The first-order chi connectivity index (χ1) is 10.2. The number of benzene rings is 2. The van der Waals surface area contributed by atoms with Crippen molar-refractivity contribution in [2.24, 2.45) is 10.9 Å². The summed E-state index contributed by atoms with van der Waals surface area (Å²) < 4.78 is 0. The van der Waals surface area contributed by atoms with Crippen LogP contribution >= 0.6 is 12.2 Å². The van der Waals surface area contributed by atoms with Crippen molar-refractivity contribution in [3.05, 3.63) is 71.3 Å². The Hall–Kier alpha value is -2.24. The van der Waals surface area contributed by atoms with E-state index in [4.69, 9.17) is 18.1 Å². The SMILES string of the molecule is Cc1ccc(/C(Cc2ccccc2)=N/NC(=S)NN)cc1. The van der Waals surface area contributed by atoms with Gasteiger partial charge < -0.3 is 0 Å². The lowest BCUT2D eigenvalue weighted by Gasteiger charge is -2.09. The predicted octanol–water partition coefficient (Wildman–Crippen LogP) is 2.28. The molecule has 0 unspecified atom stereocenters. The van der Waals surface area contributed by atoms with Crippen LogP contribution in [0.25, 0.3) is 0 Å². The minimum absolute atomic E-state index is 0.285. The second kappa shape index (κ2) is 7.52. The molecule has 4 nitrogen and oxygen atoms in total. The number of aryl methyl sites for hydroxylation is 1. The number of nitrogens with zero attached hydrogens (tertiary/aromatic N) is 1. The number of nitrogens with two attached hydrogens (primary N) is 1. The van der Waals surface area contributed by atoms with Gasteiger partial charge in [0.25, 0.3) is 0 Å². The Balaban J connectivity index is 2.25. The maximum absolute atomic E-state index is 5.25. The largest absolute Gasteiger partial charge is 0.300 e. The third kappa shape index (κ3) is 4.66. The number of nitrogens with one attached hydrogen (secondary N) is 2. The van der Waals surface area contributed by atoms with E-state index in [-0.39, 0.29) is 5.11 Å². The molecule has 0 aromatic heterocycles. The first kappa shape index (κ1) is 15.2. The Morgan fingerprint density at radius 1 is 1.10 bits per heavy atom. The highest BCUT2D eigenvalue weighted by atomic mass is 32.1. The van der Waals surface area contributed by atoms with Crippen molar-refractivity contribution in [2.75, 3.05) is 0 Å². The molecule has 0 bridgehead atoms. The summed E-state index contributed by atoms with van der Waals surface area (Å²) >= 11 is 4.95. The first-order valence-electron chi connectivity index (χ1n) is 6.63. The number of hydrazine groups is 1. The van der Waals surface area contributed by atoms with Gasteiger partial charge in [0.2, 0.25) is 5.11 Å². The number of hydrogen-bond donors (Lipinski definition) is 3. The van der Waals surface area contributed by atoms with Gasteiger partial charge in [-0.15, -0.1) is 0 Å². The second-order valence-corrected chi connectivity index (χ2v) is 5.08. The van der Waals surface area contributed by atoms with Crippen LogP contribution in [0.3, 0.4) is 0 Å². The molecule has 4 N–H and O–H groups in total. The number of hydrogen-bond acceptors (Lipinski definition) is 3. The van der Waals surface area contributed by atoms with Crippen molar-refractivity contribution in [3.8, 4) is 0 Å². The lowest BCUT2D eigenvalue weighted by atomic mass is 10.0. The van der Waals surface area contributed by atoms with Crippen LogP contribution in [0, 0.1) is 6.92 Å². The lowest BCUT2D eigenvalue weighted by molar-refractivity contribution is 0.922. The van der Waals surface area contributed by atoms with Crippen LogP contribution in [0.2, 0.25) is 0 Å². The molecular weight excluding hydrogens is 280 g/mol. The Kier molecular flexibility index (Phi) is 5.43. The van der Waals surface area contributed by atoms with Crippen molar-refractivity contribution in [1.29, 1.82) is 0 Å². The molecule has 0 saturated heterocycles. The molecule has 0 aliphatic rings. The van der Waals surface area contributed by atoms with Gasteiger partial charge in [-0.1, -0.05) is 60.2 Å². The van der Waals surface area contributed by atoms with Crippen LogP contribution in [0.4, 0.5) is 0 Å². The zero-order valence-electron chi connectivity index (χ0n) is 11.8. The maximum atomic E-state index is 5.25. The van der Waals surface area contributed by atoms with Gasteiger partial charge >= 0.3 is 0 Å². The van der Waals surface area contributed by atoms with E-state index in [9.17, 15) is 0 Å². The third-order valence-corrected chi connectivity index (χ3v) is 3.23. The smallest absolute Gasteiger partial charge is 0.201 e. The van der Waals surface area contributed by atoms with Gasteiger partial charge in [-0.3, -0.25) is 10.9 Å². The van der Waals surface area contributed by atoms with Gasteiger partial charge in [0.1, 0.15) is 0 Å². The molecule has 0 heterocycles. The summed E-state index contributed by atoms with van der Waals surface area (Å²) in [5.74, 6) is 5.25. The number of thiocarbonyl (C=S) groups is 1. The molecule has 0 amide bonds. The molecule has 0 aliphatic heterocycles. The highest BCUT2D eigenvalue weighted by Crippen LogP contribution is 2.10. The summed E-state index contributed by atoms with van der Waals surface area (Å²) in [6, 6.07) is 18.4. The van der Waals surface area contributed by atoms with E-state index >= 15 is 0 Å². The Morgan fingerprint density at radius 2 is 1.76 bits per heavy atom. The zero-order chi connectivity index (χ0) is 15.1. The molecule has 0 aliphatic carbocycles. The van der Waals surface area contributed by atoms with Gasteiger partial charge in [-0.25, -0.2) is 5.84 Å². The summed E-state index contributed by atoms with van der Waals surface area (Å²) in [6.45, 7) is 2.06. The van der Waals surface area contributed by atoms with E-state index in [0.29, 0.717) is 6.42 Å². The maximum Gasteiger partial charge on any atom is 0.201 e. The molecule has 0 spiro atoms. The van der Waals surface area contributed by atoms with Crippen LogP contribution in [0.5, 0.6) is 0 Å². The van der Waals surface area contributed by atoms with Crippen molar-refractivity contribution >= 4 is 23.0 Å². The van der Waals surface area contributed by atoms with Crippen LogP contribution in [0.15, 0.2) is 59.7 Å². The summed E-state index contributed by atoms with van der Waals surface area (Å²) in [5, 5.41) is 4.66.